The third-order valence-corrected chi connectivity index (χ3v) is 5.94. The molecule has 0 saturated carbocycles. The van der Waals surface area contributed by atoms with Crippen molar-refractivity contribution in [3.05, 3.63) is 64.4 Å². The maximum atomic E-state index is 13.8. The number of benzene rings is 2. The van der Waals surface area contributed by atoms with Crippen LogP contribution in [-0.4, -0.2) is 36.4 Å². The molecule has 0 saturated heterocycles. The highest BCUT2D eigenvalue weighted by atomic mass is 35.5. The number of nitrogens with zero attached hydrogens (tertiary/aromatic N) is 3. The fourth-order valence-electron chi connectivity index (χ4n) is 2.80. The summed E-state index contributed by atoms with van der Waals surface area (Å²) in [7, 11) is -3.98. The number of ether oxygens (including phenoxy) is 1. The molecule has 3 rings (SSSR count). The van der Waals surface area contributed by atoms with Crippen molar-refractivity contribution < 1.29 is 44.3 Å². The van der Waals surface area contributed by atoms with Crippen LogP contribution in [0, 0.1) is 0 Å². The number of aromatic nitrogens is 3. The minimum absolute atomic E-state index is 0.146. The van der Waals surface area contributed by atoms with Gasteiger partial charge < -0.3 is 4.74 Å². The van der Waals surface area contributed by atoms with E-state index in [0.29, 0.717) is 12.1 Å². The van der Waals surface area contributed by atoms with E-state index in [1.807, 2.05) is 0 Å². The van der Waals surface area contributed by atoms with Gasteiger partial charge in [0.1, 0.15) is 5.75 Å². The van der Waals surface area contributed by atoms with Crippen molar-refractivity contribution >= 4 is 27.5 Å². The summed E-state index contributed by atoms with van der Waals surface area (Å²) in [5, 5.41) is 6.05. The van der Waals surface area contributed by atoms with E-state index < -0.39 is 50.1 Å². The average molecular weight is 529 g/mol. The van der Waals surface area contributed by atoms with Crippen molar-refractivity contribution in [1.82, 2.24) is 19.7 Å². The molecule has 0 unspecified atom stereocenters. The van der Waals surface area contributed by atoms with Gasteiger partial charge in [0.15, 0.2) is 11.4 Å². The molecule has 8 nitrogen and oxygen atoms in total. The van der Waals surface area contributed by atoms with Gasteiger partial charge in [-0.3, -0.25) is 4.79 Å². The second-order valence-corrected chi connectivity index (χ2v) is 8.50. The SMILES string of the molecule is COc1ccc(-n2nnc(C(=O)NS(=O)(=O)c3ccccc3C(F)(F)F)c2C(F)(F)F)c(Cl)c1. The van der Waals surface area contributed by atoms with Crippen molar-refractivity contribution in [2.75, 3.05) is 7.11 Å². The first-order valence-electron chi connectivity index (χ1n) is 8.77. The number of amides is 1. The molecule has 1 heterocycles. The molecule has 34 heavy (non-hydrogen) atoms. The molecule has 0 fully saturated rings. The van der Waals surface area contributed by atoms with E-state index in [4.69, 9.17) is 16.3 Å². The largest absolute Gasteiger partial charge is 0.497 e. The molecule has 0 aliphatic heterocycles. The van der Waals surface area contributed by atoms with Crippen LogP contribution in [0.1, 0.15) is 21.7 Å². The number of carbonyl (C=O) groups is 1. The number of halogens is 7. The quantitative estimate of drug-likeness (QED) is 0.501. The fourth-order valence-corrected chi connectivity index (χ4v) is 4.24. The van der Waals surface area contributed by atoms with Gasteiger partial charge in [-0.15, -0.1) is 5.10 Å². The first-order chi connectivity index (χ1) is 15.7. The Bertz CT molecular complexity index is 1360. The van der Waals surface area contributed by atoms with Crippen LogP contribution in [0.2, 0.25) is 5.02 Å². The predicted octanol–water partition coefficient (Wildman–Crippen LogP) is 4.09. The van der Waals surface area contributed by atoms with Gasteiger partial charge in [0.05, 0.1) is 28.3 Å². The summed E-state index contributed by atoms with van der Waals surface area (Å²) in [4.78, 5) is 11.1. The summed E-state index contributed by atoms with van der Waals surface area (Å²) in [5.74, 6) is -1.77. The summed E-state index contributed by atoms with van der Waals surface area (Å²) in [5.41, 5.74) is -5.32. The van der Waals surface area contributed by atoms with Crippen molar-refractivity contribution in [3.8, 4) is 11.4 Å². The molecule has 0 aliphatic carbocycles. The van der Waals surface area contributed by atoms with Gasteiger partial charge in [0.2, 0.25) is 0 Å². The Balaban J connectivity index is 2.08. The van der Waals surface area contributed by atoms with Gasteiger partial charge in [-0.1, -0.05) is 28.9 Å². The lowest BCUT2D eigenvalue weighted by Crippen LogP contribution is -2.34. The summed E-state index contributed by atoms with van der Waals surface area (Å²) in [6.07, 6.45) is -10.4. The molecule has 0 radical (unpaired) electrons. The molecule has 1 amide bonds. The Labute approximate surface area is 192 Å². The molecule has 182 valence electrons. The number of hydrogen-bond acceptors (Lipinski definition) is 6. The number of sulfonamides is 1. The molecule has 1 aromatic heterocycles. The standard InChI is InChI=1S/C18H11ClF6N4O4S/c1-33-9-6-7-12(11(19)8-9)29-15(18(23,24)25)14(26-28-29)16(30)27-34(31,32)13-5-3-2-4-10(13)17(20,21)22/h2-8H,1H3,(H,27,30). The van der Waals surface area contributed by atoms with Crippen LogP contribution >= 0.6 is 11.6 Å². The second kappa shape index (κ2) is 8.79. The van der Waals surface area contributed by atoms with Crippen LogP contribution in [0.4, 0.5) is 26.3 Å². The number of alkyl halides is 6. The van der Waals surface area contributed by atoms with Gasteiger partial charge in [-0.25, -0.2) is 17.8 Å². The lowest BCUT2D eigenvalue weighted by atomic mass is 10.2. The fraction of sp³-hybridized carbons (Fsp3) is 0.167. The monoisotopic (exact) mass is 528 g/mol. The van der Waals surface area contributed by atoms with E-state index >= 15 is 0 Å². The van der Waals surface area contributed by atoms with Gasteiger partial charge in [0.25, 0.3) is 15.9 Å². The highest BCUT2D eigenvalue weighted by Gasteiger charge is 2.44. The summed E-state index contributed by atoms with van der Waals surface area (Å²) < 4.78 is 112. The van der Waals surface area contributed by atoms with Crippen LogP contribution in [0.3, 0.4) is 0 Å². The molecular formula is C18H11ClF6N4O4S. The molecule has 2 aromatic carbocycles. The normalized spacial score (nSPS) is 12.5. The number of carbonyl (C=O) groups excluding carboxylic acids is 1. The third-order valence-electron chi connectivity index (χ3n) is 4.25. The van der Waals surface area contributed by atoms with Crippen molar-refractivity contribution in [2.45, 2.75) is 17.2 Å². The summed E-state index contributed by atoms with van der Waals surface area (Å²) in [6, 6.07) is 6.27. The van der Waals surface area contributed by atoms with Gasteiger partial charge in [0, 0.05) is 6.07 Å². The number of nitrogens with one attached hydrogen (secondary N) is 1. The average Bonchev–Trinajstić information content (AvgIpc) is 3.18. The van der Waals surface area contributed by atoms with E-state index in [2.05, 4.69) is 10.3 Å². The molecule has 0 bridgehead atoms. The topological polar surface area (TPSA) is 103 Å². The highest BCUT2D eigenvalue weighted by molar-refractivity contribution is 7.90. The maximum Gasteiger partial charge on any atom is 0.435 e. The molecule has 0 spiro atoms. The first kappa shape index (κ1) is 25.3. The first-order valence-corrected chi connectivity index (χ1v) is 10.6. The van der Waals surface area contributed by atoms with Crippen LogP contribution in [-0.2, 0) is 22.4 Å². The zero-order valence-electron chi connectivity index (χ0n) is 16.6. The zero-order valence-corrected chi connectivity index (χ0v) is 18.1. The van der Waals surface area contributed by atoms with Crippen LogP contribution in [0.15, 0.2) is 47.4 Å². The van der Waals surface area contributed by atoms with E-state index in [1.54, 1.807) is 0 Å². The Morgan fingerprint density at radius 3 is 2.26 bits per heavy atom. The molecule has 0 aliphatic rings. The number of methoxy groups -OCH3 is 1. The zero-order chi connectivity index (χ0) is 25.5. The Kier molecular flexibility index (Phi) is 6.54. The highest BCUT2D eigenvalue weighted by Crippen LogP contribution is 2.36. The molecule has 1 N–H and O–H groups in total. The van der Waals surface area contributed by atoms with Crippen molar-refractivity contribution in [3.63, 3.8) is 0 Å². The third kappa shape index (κ3) is 4.94. The van der Waals surface area contributed by atoms with E-state index in [0.717, 1.165) is 24.3 Å². The lowest BCUT2D eigenvalue weighted by molar-refractivity contribution is -0.143. The molecule has 16 heteroatoms. The minimum atomic E-state index is -5.30. The van der Waals surface area contributed by atoms with Gasteiger partial charge >= 0.3 is 12.4 Å². The van der Waals surface area contributed by atoms with Gasteiger partial charge in [-0.05, 0) is 24.3 Å². The Hall–Kier alpha value is -3.33. The molecule has 0 atom stereocenters. The Morgan fingerprint density at radius 2 is 1.71 bits per heavy atom. The van der Waals surface area contributed by atoms with E-state index in [9.17, 15) is 39.6 Å². The Morgan fingerprint density at radius 1 is 1.06 bits per heavy atom. The van der Waals surface area contributed by atoms with Crippen LogP contribution in [0.5, 0.6) is 5.75 Å². The smallest absolute Gasteiger partial charge is 0.435 e. The molecular weight excluding hydrogens is 518 g/mol. The number of hydrogen-bond donors (Lipinski definition) is 1. The molecule has 3 aromatic rings. The second-order valence-electron chi connectivity index (χ2n) is 6.44. The van der Waals surface area contributed by atoms with Gasteiger partial charge in [-0.2, -0.15) is 26.3 Å². The lowest BCUT2D eigenvalue weighted by Gasteiger charge is -2.14. The number of rotatable bonds is 5. The van der Waals surface area contributed by atoms with Crippen molar-refractivity contribution in [2.24, 2.45) is 0 Å². The summed E-state index contributed by atoms with van der Waals surface area (Å²) >= 11 is 5.96. The maximum absolute atomic E-state index is 13.8. The van der Waals surface area contributed by atoms with Crippen LogP contribution < -0.4 is 9.46 Å². The predicted molar refractivity (Wildman–Crippen MR) is 104 cm³/mol. The van der Waals surface area contributed by atoms with E-state index in [1.165, 1.54) is 17.9 Å². The van der Waals surface area contributed by atoms with E-state index in [-0.39, 0.29) is 21.1 Å². The minimum Gasteiger partial charge on any atom is -0.497 e. The van der Waals surface area contributed by atoms with Crippen molar-refractivity contribution in [1.29, 1.82) is 0 Å². The van der Waals surface area contributed by atoms with Crippen LogP contribution in [0.25, 0.3) is 5.69 Å². The summed E-state index contributed by atoms with van der Waals surface area (Å²) in [6.45, 7) is 0.